The fourth-order valence-electron chi connectivity index (χ4n) is 1.53. The smallest absolute Gasteiger partial charge is 0.305 e. The van der Waals surface area contributed by atoms with Crippen LogP contribution in [0.2, 0.25) is 0 Å². The number of carbonyl (C=O) groups is 2. The minimum Gasteiger partial charge on any atom is -0.481 e. The third-order valence-corrected chi connectivity index (χ3v) is 2.62. The highest BCUT2D eigenvalue weighted by molar-refractivity contribution is 5.71. The first-order valence-electron chi connectivity index (χ1n) is 7.86. The van der Waals surface area contributed by atoms with Crippen molar-refractivity contribution in [3.8, 4) is 0 Å². The molecule has 0 aromatic heterocycles. The average Bonchev–Trinajstić information content (AvgIpc) is 2.52. The third-order valence-electron chi connectivity index (χ3n) is 2.62. The van der Waals surface area contributed by atoms with Crippen LogP contribution in [0.25, 0.3) is 0 Å². The van der Waals surface area contributed by atoms with Crippen molar-refractivity contribution >= 4 is 11.9 Å². The zero-order valence-corrected chi connectivity index (χ0v) is 14.0. The van der Waals surface area contributed by atoms with E-state index in [1.165, 1.54) is 0 Å². The molecule has 0 amide bonds. The number of carbonyl (C=O) groups excluding carboxylic acids is 1. The number of aliphatic carboxylic acids is 1. The molecule has 0 saturated carbocycles. The molecule has 0 heterocycles. The molecule has 8 heteroatoms. The summed E-state index contributed by atoms with van der Waals surface area (Å²) < 4.78 is 26.2. The van der Waals surface area contributed by atoms with E-state index in [9.17, 15) is 9.59 Å². The highest BCUT2D eigenvalue weighted by Crippen LogP contribution is 2.02. The second-order valence-electron chi connectivity index (χ2n) is 4.50. The van der Waals surface area contributed by atoms with E-state index in [2.05, 4.69) is 0 Å². The summed E-state index contributed by atoms with van der Waals surface area (Å²) in [5.74, 6) is -1.41. The Morgan fingerprint density at radius 1 is 0.913 bits per heavy atom. The first-order chi connectivity index (χ1) is 11.1. The van der Waals surface area contributed by atoms with E-state index in [-0.39, 0.29) is 25.9 Å². The SMILES string of the molecule is CCOCCOC(COC(=O)CCCC(=O)O)OCCOCC. The lowest BCUT2D eigenvalue weighted by Crippen LogP contribution is -2.28. The maximum absolute atomic E-state index is 11.5. The van der Waals surface area contributed by atoms with Crippen molar-refractivity contribution in [1.82, 2.24) is 0 Å². The summed E-state index contributed by atoms with van der Waals surface area (Å²) in [6, 6.07) is 0. The van der Waals surface area contributed by atoms with Crippen molar-refractivity contribution < 1.29 is 38.4 Å². The van der Waals surface area contributed by atoms with Crippen molar-refractivity contribution in [3.63, 3.8) is 0 Å². The molecule has 0 aliphatic rings. The quantitative estimate of drug-likeness (QED) is 0.255. The number of ether oxygens (including phenoxy) is 5. The van der Waals surface area contributed by atoms with Crippen LogP contribution in [0.5, 0.6) is 0 Å². The van der Waals surface area contributed by atoms with E-state index in [1.807, 2.05) is 13.8 Å². The van der Waals surface area contributed by atoms with Crippen LogP contribution < -0.4 is 0 Å². The van der Waals surface area contributed by atoms with Gasteiger partial charge >= 0.3 is 11.9 Å². The highest BCUT2D eigenvalue weighted by Gasteiger charge is 2.13. The monoisotopic (exact) mass is 336 g/mol. The Bertz CT molecular complexity index is 296. The molecular formula is C15H28O8. The zero-order valence-electron chi connectivity index (χ0n) is 14.0. The molecule has 23 heavy (non-hydrogen) atoms. The van der Waals surface area contributed by atoms with Crippen LogP contribution in [0.4, 0.5) is 0 Å². The minimum absolute atomic E-state index is 0.0514. The van der Waals surface area contributed by atoms with Gasteiger partial charge in [-0.2, -0.15) is 0 Å². The van der Waals surface area contributed by atoms with Crippen molar-refractivity contribution in [3.05, 3.63) is 0 Å². The van der Waals surface area contributed by atoms with Crippen LogP contribution in [0.1, 0.15) is 33.1 Å². The van der Waals surface area contributed by atoms with E-state index < -0.39 is 18.2 Å². The van der Waals surface area contributed by atoms with Gasteiger partial charge < -0.3 is 28.8 Å². The van der Waals surface area contributed by atoms with Gasteiger partial charge in [0.05, 0.1) is 26.4 Å². The van der Waals surface area contributed by atoms with Crippen LogP contribution in [0.15, 0.2) is 0 Å². The van der Waals surface area contributed by atoms with Crippen LogP contribution >= 0.6 is 0 Å². The lowest BCUT2D eigenvalue weighted by molar-refractivity contribution is -0.190. The standard InChI is InChI=1S/C15H28O8/c1-3-19-8-10-21-15(22-11-9-20-4-2)12-23-14(18)7-5-6-13(16)17/h15H,3-12H2,1-2H3,(H,16,17). The number of rotatable bonds is 16. The normalized spacial score (nSPS) is 10.9. The largest absolute Gasteiger partial charge is 0.481 e. The summed E-state index contributed by atoms with van der Waals surface area (Å²) in [5, 5.41) is 8.51. The topological polar surface area (TPSA) is 101 Å². The molecule has 0 atom stereocenters. The van der Waals surface area contributed by atoms with Crippen LogP contribution in [0.3, 0.4) is 0 Å². The molecule has 8 nitrogen and oxygen atoms in total. The number of esters is 1. The number of carboxylic acids is 1. The van der Waals surface area contributed by atoms with E-state index in [4.69, 9.17) is 28.8 Å². The van der Waals surface area contributed by atoms with Gasteiger partial charge in [0.1, 0.15) is 6.61 Å². The first kappa shape index (κ1) is 21.8. The summed E-state index contributed by atoms with van der Waals surface area (Å²) in [6.07, 6.45) is -0.459. The summed E-state index contributed by atoms with van der Waals surface area (Å²) in [7, 11) is 0. The van der Waals surface area contributed by atoms with Crippen molar-refractivity contribution in [1.29, 1.82) is 0 Å². The second-order valence-corrected chi connectivity index (χ2v) is 4.50. The van der Waals surface area contributed by atoms with Crippen LogP contribution in [-0.4, -0.2) is 69.6 Å². The van der Waals surface area contributed by atoms with Crippen molar-refractivity contribution in [2.24, 2.45) is 0 Å². The molecule has 0 spiro atoms. The first-order valence-corrected chi connectivity index (χ1v) is 7.86. The fourth-order valence-corrected chi connectivity index (χ4v) is 1.53. The Morgan fingerprint density at radius 2 is 1.48 bits per heavy atom. The van der Waals surface area contributed by atoms with Crippen LogP contribution in [0, 0.1) is 0 Å². The Hall–Kier alpha value is -1.22. The van der Waals surface area contributed by atoms with E-state index in [1.54, 1.807) is 0 Å². The Kier molecular flexibility index (Phi) is 14.8. The third kappa shape index (κ3) is 15.4. The van der Waals surface area contributed by atoms with Crippen molar-refractivity contribution in [2.45, 2.75) is 39.4 Å². The number of hydrogen-bond donors (Lipinski definition) is 1. The molecule has 0 aliphatic heterocycles. The van der Waals surface area contributed by atoms with Gasteiger partial charge in [-0.15, -0.1) is 0 Å². The van der Waals surface area contributed by atoms with Gasteiger partial charge in [0.25, 0.3) is 0 Å². The molecule has 0 aliphatic carbocycles. The van der Waals surface area contributed by atoms with Gasteiger partial charge in [-0.05, 0) is 20.3 Å². The summed E-state index contributed by atoms with van der Waals surface area (Å²) in [5.41, 5.74) is 0. The zero-order chi connectivity index (χ0) is 17.3. The lowest BCUT2D eigenvalue weighted by atomic mass is 10.2. The van der Waals surface area contributed by atoms with Gasteiger partial charge in [-0.25, -0.2) is 0 Å². The molecule has 136 valence electrons. The molecule has 1 N–H and O–H groups in total. The Labute approximate surface area is 137 Å². The Balaban J connectivity index is 3.96. The molecule has 0 aromatic carbocycles. The summed E-state index contributed by atoms with van der Waals surface area (Å²) in [6.45, 7) is 6.40. The molecule has 0 rings (SSSR count). The van der Waals surface area contributed by atoms with Gasteiger partial charge in [0, 0.05) is 26.1 Å². The van der Waals surface area contributed by atoms with Gasteiger partial charge in [0.15, 0.2) is 6.29 Å². The fraction of sp³-hybridized carbons (Fsp3) is 0.867. The van der Waals surface area contributed by atoms with Gasteiger partial charge in [-0.1, -0.05) is 0 Å². The molecule has 0 aromatic rings. The predicted molar refractivity (Wildman–Crippen MR) is 81.1 cm³/mol. The number of hydrogen-bond acceptors (Lipinski definition) is 7. The van der Waals surface area contributed by atoms with Crippen molar-refractivity contribution in [2.75, 3.05) is 46.2 Å². The van der Waals surface area contributed by atoms with Gasteiger partial charge in [0.2, 0.25) is 0 Å². The maximum Gasteiger partial charge on any atom is 0.305 e. The van der Waals surface area contributed by atoms with E-state index in [0.29, 0.717) is 39.6 Å². The average molecular weight is 336 g/mol. The second kappa shape index (κ2) is 15.7. The predicted octanol–water partition coefficient (Wildman–Crippen LogP) is 1.22. The highest BCUT2D eigenvalue weighted by atomic mass is 16.7. The summed E-state index contributed by atoms with van der Waals surface area (Å²) >= 11 is 0. The van der Waals surface area contributed by atoms with E-state index in [0.717, 1.165) is 0 Å². The van der Waals surface area contributed by atoms with Gasteiger partial charge in [-0.3, -0.25) is 9.59 Å². The Morgan fingerprint density at radius 3 is 1.96 bits per heavy atom. The van der Waals surface area contributed by atoms with Crippen LogP contribution in [-0.2, 0) is 33.3 Å². The lowest BCUT2D eigenvalue weighted by Gasteiger charge is -2.18. The molecule has 0 fully saturated rings. The van der Waals surface area contributed by atoms with E-state index >= 15 is 0 Å². The molecule has 0 saturated heterocycles. The molecular weight excluding hydrogens is 308 g/mol. The molecule has 0 radical (unpaired) electrons. The number of carboxylic acid groups (broad SMARTS) is 1. The summed E-state index contributed by atoms with van der Waals surface area (Å²) in [4.78, 5) is 21.9. The minimum atomic E-state index is -0.936. The maximum atomic E-state index is 11.5. The molecule has 0 bridgehead atoms. The molecule has 0 unspecified atom stereocenters.